The summed E-state index contributed by atoms with van der Waals surface area (Å²) in [5.41, 5.74) is 1.30. The predicted molar refractivity (Wildman–Crippen MR) is 97.3 cm³/mol. The summed E-state index contributed by atoms with van der Waals surface area (Å²) >= 11 is 0. The zero-order chi connectivity index (χ0) is 18.6. The van der Waals surface area contributed by atoms with Crippen LogP contribution in [-0.2, 0) is 26.4 Å². The van der Waals surface area contributed by atoms with E-state index in [2.05, 4.69) is 0 Å². The average Bonchev–Trinajstić information content (AvgIpc) is 2.97. The van der Waals surface area contributed by atoms with Crippen LogP contribution in [0.2, 0.25) is 0 Å². The Morgan fingerprint density at radius 2 is 1.81 bits per heavy atom. The molecule has 0 radical (unpaired) electrons. The number of rotatable bonds is 6. The second-order valence-electron chi connectivity index (χ2n) is 6.60. The van der Waals surface area contributed by atoms with E-state index in [0.29, 0.717) is 19.6 Å². The molecule has 1 atom stereocenters. The maximum atomic E-state index is 12.7. The number of hydroxylamine groups is 2. The van der Waals surface area contributed by atoms with Gasteiger partial charge in [0.15, 0.2) is 0 Å². The minimum absolute atomic E-state index is 0.183. The Balaban J connectivity index is 1.66. The van der Waals surface area contributed by atoms with Gasteiger partial charge in [-0.05, 0) is 36.6 Å². The number of ether oxygens (including phenoxy) is 1. The van der Waals surface area contributed by atoms with E-state index in [0.717, 1.165) is 16.9 Å². The molecule has 0 aliphatic carbocycles. The molecule has 0 aromatic heterocycles. The number of hydrogen-bond acceptors (Lipinski definition) is 4. The van der Waals surface area contributed by atoms with Gasteiger partial charge in [-0.25, -0.2) is 4.79 Å². The Morgan fingerprint density at radius 1 is 1.12 bits per heavy atom. The highest BCUT2D eigenvalue weighted by Gasteiger charge is 2.46. The van der Waals surface area contributed by atoms with Gasteiger partial charge in [0.05, 0.1) is 12.0 Å². The van der Waals surface area contributed by atoms with Crippen LogP contribution >= 0.6 is 0 Å². The molecular formula is C21H23NO4. The van der Waals surface area contributed by atoms with Crippen LogP contribution in [0.4, 0.5) is 0 Å². The van der Waals surface area contributed by atoms with Crippen LogP contribution < -0.4 is 4.74 Å². The summed E-state index contributed by atoms with van der Waals surface area (Å²) in [5, 5.41) is 1.19. The fraction of sp³-hybridized carbons (Fsp3) is 0.333. The second-order valence-corrected chi connectivity index (χ2v) is 6.60. The molecule has 1 unspecified atom stereocenters. The first-order chi connectivity index (χ1) is 12.5. The summed E-state index contributed by atoms with van der Waals surface area (Å²) in [4.78, 5) is 29.3. The SMILES string of the molecule is CCC(=O)ON1CCC(C)(c2ccc(OCc3ccccc3)cc2)C1=O. The molecule has 1 fully saturated rings. The van der Waals surface area contributed by atoms with E-state index in [1.165, 1.54) is 5.06 Å². The van der Waals surface area contributed by atoms with Crippen LogP contribution in [0.5, 0.6) is 5.75 Å². The van der Waals surface area contributed by atoms with E-state index in [-0.39, 0.29) is 12.3 Å². The van der Waals surface area contributed by atoms with Crippen LogP contribution in [0.15, 0.2) is 54.6 Å². The molecule has 2 aromatic carbocycles. The number of nitrogens with zero attached hydrogens (tertiary/aromatic N) is 1. The van der Waals surface area contributed by atoms with E-state index >= 15 is 0 Å². The molecule has 1 saturated heterocycles. The van der Waals surface area contributed by atoms with Crippen molar-refractivity contribution in [3.8, 4) is 5.75 Å². The third-order valence-electron chi connectivity index (χ3n) is 4.75. The second kappa shape index (κ2) is 7.60. The first kappa shape index (κ1) is 18.0. The highest BCUT2D eigenvalue weighted by atomic mass is 16.7. The molecular weight excluding hydrogens is 330 g/mol. The minimum Gasteiger partial charge on any atom is -0.489 e. The van der Waals surface area contributed by atoms with Gasteiger partial charge in [0.2, 0.25) is 0 Å². The lowest BCUT2D eigenvalue weighted by molar-refractivity contribution is -0.193. The van der Waals surface area contributed by atoms with Crippen molar-refractivity contribution in [3.05, 3.63) is 65.7 Å². The first-order valence-corrected chi connectivity index (χ1v) is 8.83. The molecule has 5 nitrogen and oxygen atoms in total. The van der Waals surface area contributed by atoms with Crippen molar-refractivity contribution in [2.24, 2.45) is 0 Å². The zero-order valence-electron chi connectivity index (χ0n) is 15.1. The van der Waals surface area contributed by atoms with Crippen molar-refractivity contribution < 1.29 is 19.2 Å². The molecule has 3 rings (SSSR count). The molecule has 1 amide bonds. The first-order valence-electron chi connectivity index (χ1n) is 8.83. The van der Waals surface area contributed by atoms with Gasteiger partial charge < -0.3 is 9.57 Å². The normalized spacial score (nSPS) is 19.5. The molecule has 0 spiro atoms. The van der Waals surface area contributed by atoms with Crippen LogP contribution in [0, 0.1) is 0 Å². The largest absolute Gasteiger partial charge is 0.489 e. The fourth-order valence-corrected chi connectivity index (χ4v) is 3.01. The van der Waals surface area contributed by atoms with E-state index < -0.39 is 11.4 Å². The highest BCUT2D eigenvalue weighted by molar-refractivity contribution is 5.90. The van der Waals surface area contributed by atoms with Crippen molar-refractivity contribution in [1.82, 2.24) is 5.06 Å². The Morgan fingerprint density at radius 3 is 2.46 bits per heavy atom. The highest BCUT2D eigenvalue weighted by Crippen LogP contribution is 2.36. The van der Waals surface area contributed by atoms with Crippen molar-refractivity contribution in [3.63, 3.8) is 0 Å². The summed E-state index contributed by atoms with van der Waals surface area (Å²) in [6.07, 6.45) is 0.848. The van der Waals surface area contributed by atoms with E-state index in [4.69, 9.17) is 9.57 Å². The molecule has 0 N–H and O–H groups in total. The van der Waals surface area contributed by atoms with Gasteiger partial charge in [0.1, 0.15) is 12.4 Å². The minimum atomic E-state index is -0.689. The fourth-order valence-electron chi connectivity index (χ4n) is 3.01. The van der Waals surface area contributed by atoms with Gasteiger partial charge in [-0.1, -0.05) is 49.4 Å². The van der Waals surface area contributed by atoms with E-state index in [9.17, 15) is 9.59 Å². The number of carbonyl (C=O) groups excluding carboxylic acids is 2. The molecule has 2 aromatic rings. The lowest BCUT2D eigenvalue weighted by atomic mass is 9.81. The number of hydrogen-bond donors (Lipinski definition) is 0. The summed E-state index contributed by atoms with van der Waals surface area (Å²) < 4.78 is 5.79. The zero-order valence-corrected chi connectivity index (χ0v) is 15.1. The van der Waals surface area contributed by atoms with Crippen molar-refractivity contribution in [1.29, 1.82) is 0 Å². The van der Waals surface area contributed by atoms with Crippen LogP contribution in [0.25, 0.3) is 0 Å². The molecule has 0 saturated carbocycles. The summed E-state index contributed by atoms with van der Waals surface area (Å²) in [7, 11) is 0. The third kappa shape index (κ3) is 3.72. The van der Waals surface area contributed by atoms with Crippen molar-refractivity contribution in [2.45, 2.75) is 38.7 Å². The van der Waals surface area contributed by atoms with E-state index in [1.54, 1.807) is 6.92 Å². The molecule has 1 aliphatic heterocycles. The van der Waals surface area contributed by atoms with Crippen LogP contribution in [0.1, 0.15) is 37.8 Å². The molecule has 26 heavy (non-hydrogen) atoms. The van der Waals surface area contributed by atoms with Gasteiger partial charge in [-0.15, -0.1) is 0 Å². The van der Waals surface area contributed by atoms with Gasteiger partial charge in [0, 0.05) is 6.42 Å². The summed E-state index contributed by atoms with van der Waals surface area (Å²) in [6, 6.07) is 17.5. The molecule has 136 valence electrons. The number of amides is 1. The van der Waals surface area contributed by atoms with Gasteiger partial charge in [0.25, 0.3) is 5.91 Å². The van der Waals surface area contributed by atoms with Crippen molar-refractivity contribution >= 4 is 11.9 Å². The maximum Gasteiger partial charge on any atom is 0.332 e. The number of carbonyl (C=O) groups is 2. The maximum absolute atomic E-state index is 12.7. The summed E-state index contributed by atoms with van der Waals surface area (Å²) in [6.45, 7) is 4.50. The van der Waals surface area contributed by atoms with Crippen LogP contribution in [-0.4, -0.2) is 23.5 Å². The van der Waals surface area contributed by atoms with Crippen LogP contribution in [0.3, 0.4) is 0 Å². The molecule has 1 heterocycles. The van der Waals surface area contributed by atoms with Gasteiger partial charge >= 0.3 is 5.97 Å². The summed E-state index contributed by atoms with van der Waals surface area (Å²) in [5.74, 6) is 0.172. The molecule has 1 aliphatic rings. The van der Waals surface area contributed by atoms with E-state index in [1.807, 2.05) is 61.5 Å². The Hall–Kier alpha value is -2.82. The Kier molecular flexibility index (Phi) is 5.26. The Labute approximate surface area is 153 Å². The molecule has 5 heteroatoms. The average molecular weight is 353 g/mol. The lowest BCUT2D eigenvalue weighted by Crippen LogP contribution is -2.36. The quantitative estimate of drug-likeness (QED) is 0.796. The number of benzene rings is 2. The third-order valence-corrected chi connectivity index (χ3v) is 4.75. The Bertz CT molecular complexity index is 772. The smallest absolute Gasteiger partial charge is 0.332 e. The van der Waals surface area contributed by atoms with Gasteiger partial charge in [-0.2, -0.15) is 5.06 Å². The standard InChI is InChI=1S/C21H23NO4/c1-3-19(23)26-22-14-13-21(2,20(22)24)17-9-11-18(12-10-17)25-15-16-7-5-4-6-8-16/h4-12H,3,13-15H2,1-2H3. The van der Waals surface area contributed by atoms with Crippen molar-refractivity contribution in [2.75, 3.05) is 6.54 Å². The topological polar surface area (TPSA) is 55.8 Å². The lowest BCUT2D eigenvalue weighted by Gasteiger charge is -2.23. The molecule has 0 bridgehead atoms. The predicted octanol–water partition coefficient (Wildman–Crippen LogP) is 3.62. The monoisotopic (exact) mass is 353 g/mol. The van der Waals surface area contributed by atoms with Gasteiger partial charge in [-0.3, -0.25) is 4.79 Å².